The minimum absolute atomic E-state index is 0. The molecule has 278 valence electrons. The number of aromatic nitrogens is 2. The van der Waals surface area contributed by atoms with E-state index in [0.29, 0.717) is 11.3 Å². The monoisotopic (exact) mass is 900 g/mol. The molecule has 0 fully saturated rings. The summed E-state index contributed by atoms with van der Waals surface area (Å²) in [5, 5.41) is 13.5. The smallest absolute Gasteiger partial charge is 0.143 e. The molecule has 0 saturated carbocycles. The van der Waals surface area contributed by atoms with Crippen LogP contribution in [-0.2, 0) is 31.9 Å². The molecule has 1 N–H and O–H groups in total. The van der Waals surface area contributed by atoms with Crippen LogP contribution >= 0.6 is 0 Å². The fourth-order valence-electron chi connectivity index (χ4n) is 7.20. The number of fused-ring (bicyclic) bond motifs is 3. The summed E-state index contributed by atoms with van der Waals surface area (Å²) in [4.78, 5) is 10.2. The van der Waals surface area contributed by atoms with Crippen LogP contribution in [0.3, 0.4) is 0 Å². The number of benzene rings is 5. The van der Waals surface area contributed by atoms with Crippen molar-refractivity contribution >= 4 is 21.9 Å². The average molecular weight is 901 g/mol. The van der Waals surface area contributed by atoms with E-state index in [1.807, 2.05) is 62.4 Å². The molecule has 0 radical (unpaired) electrons. The van der Waals surface area contributed by atoms with Gasteiger partial charge in [-0.25, -0.2) is 0 Å². The second-order valence-corrected chi connectivity index (χ2v) is 16.5. The standard InChI is InChI=1S/C50H45N2O2.Pt/c1-30-14-11-20-42(47(30)53)45-27-35(34-24-37(49(3,4)5)29-38(25-34)50(6,7)8)26-44(52-45)33-16-12-15-32(23-33)43-28-36(22-31(2)51-43)39-18-13-19-41-40-17-9-10-21-46(40)54-48(39)41;/h9-22,24-29,53H,1-8H3;/q-1;. The molecular formula is C50H45N2O2Pt-. The number of para-hydroxylation sites is 3. The first-order chi connectivity index (χ1) is 25.7. The molecule has 0 aliphatic heterocycles. The molecule has 0 aliphatic rings. The minimum atomic E-state index is -0.0405. The van der Waals surface area contributed by atoms with Crippen LogP contribution in [0.15, 0.2) is 126 Å². The van der Waals surface area contributed by atoms with E-state index in [1.54, 1.807) is 0 Å². The van der Waals surface area contributed by atoms with Gasteiger partial charge in [-0.05, 0) is 82.3 Å². The van der Waals surface area contributed by atoms with Crippen molar-refractivity contribution < 1.29 is 30.6 Å². The fourth-order valence-corrected chi connectivity index (χ4v) is 7.20. The Morgan fingerprint density at radius 1 is 0.545 bits per heavy atom. The van der Waals surface area contributed by atoms with Gasteiger partial charge in [0.2, 0.25) is 0 Å². The summed E-state index contributed by atoms with van der Waals surface area (Å²) in [7, 11) is 0. The molecule has 3 aromatic heterocycles. The van der Waals surface area contributed by atoms with E-state index < -0.39 is 0 Å². The van der Waals surface area contributed by atoms with Crippen LogP contribution in [0, 0.1) is 19.9 Å². The first kappa shape index (κ1) is 38.0. The Morgan fingerprint density at radius 2 is 1.11 bits per heavy atom. The molecule has 3 heterocycles. The fraction of sp³-hybridized carbons (Fsp3) is 0.200. The van der Waals surface area contributed by atoms with E-state index in [-0.39, 0.29) is 37.6 Å². The Balaban J connectivity index is 0.00000465. The van der Waals surface area contributed by atoms with Crippen LogP contribution < -0.4 is 0 Å². The molecule has 0 amide bonds. The van der Waals surface area contributed by atoms with E-state index in [0.717, 1.165) is 78.0 Å². The molecule has 8 aromatic rings. The van der Waals surface area contributed by atoms with Crippen LogP contribution in [0.25, 0.3) is 78.0 Å². The maximum atomic E-state index is 11.3. The van der Waals surface area contributed by atoms with Crippen LogP contribution in [0.5, 0.6) is 5.75 Å². The van der Waals surface area contributed by atoms with Gasteiger partial charge in [-0.1, -0.05) is 132 Å². The molecular weight excluding hydrogens is 856 g/mol. The van der Waals surface area contributed by atoms with Crippen LogP contribution in [0.2, 0.25) is 0 Å². The zero-order chi connectivity index (χ0) is 37.9. The number of phenolic OH excluding ortho intramolecular Hbond substituents is 1. The van der Waals surface area contributed by atoms with Gasteiger partial charge in [0, 0.05) is 60.0 Å². The van der Waals surface area contributed by atoms with Gasteiger partial charge < -0.3 is 9.52 Å². The molecule has 0 aliphatic carbocycles. The topological polar surface area (TPSA) is 59.2 Å². The zero-order valence-electron chi connectivity index (χ0n) is 32.6. The molecule has 4 nitrogen and oxygen atoms in total. The van der Waals surface area contributed by atoms with E-state index in [2.05, 4.69) is 120 Å². The summed E-state index contributed by atoms with van der Waals surface area (Å²) in [6, 6.07) is 45.6. The van der Waals surface area contributed by atoms with E-state index in [1.165, 1.54) is 11.1 Å². The van der Waals surface area contributed by atoms with Gasteiger partial charge in [0.05, 0.1) is 5.69 Å². The predicted octanol–water partition coefficient (Wildman–Crippen LogP) is 13.4. The van der Waals surface area contributed by atoms with Crippen LogP contribution in [0.1, 0.15) is 63.9 Å². The molecule has 0 atom stereocenters. The third-order valence-corrected chi connectivity index (χ3v) is 10.4. The number of furan rings is 1. The Bertz CT molecular complexity index is 2700. The summed E-state index contributed by atoms with van der Waals surface area (Å²) < 4.78 is 6.41. The van der Waals surface area contributed by atoms with Gasteiger partial charge in [0.15, 0.2) is 0 Å². The van der Waals surface area contributed by atoms with Gasteiger partial charge in [0.25, 0.3) is 0 Å². The van der Waals surface area contributed by atoms with Crippen molar-refractivity contribution in [2.24, 2.45) is 0 Å². The second-order valence-electron chi connectivity index (χ2n) is 16.5. The van der Waals surface area contributed by atoms with Crippen molar-refractivity contribution in [1.82, 2.24) is 9.97 Å². The van der Waals surface area contributed by atoms with Crippen molar-refractivity contribution in [3.63, 3.8) is 0 Å². The minimum Gasteiger partial charge on any atom is -0.507 e. The Morgan fingerprint density at radius 3 is 1.82 bits per heavy atom. The van der Waals surface area contributed by atoms with Crippen molar-refractivity contribution in [3.05, 3.63) is 150 Å². The molecule has 0 unspecified atom stereocenters. The molecule has 5 aromatic carbocycles. The number of phenols is 1. The molecule has 0 spiro atoms. The van der Waals surface area contributed by atoms with Crippen molar-refractivity contribution in [2.75, 3.05) is 0 Å². The van der Waals surface area contributed by atoms with E-state index in [4.69, 9.17) is 14.4 Å². The number of nitrogens with zero attached hydrogens (tertiary/aromatic N) is 2. The normalized spacial score (nSPS) is 11.9. The van der Waals surface area contributed by atoms with E-state index >= 15 is 0 Å². The quantitative estimate of drug-likeness (QED) is 0.175. The number of pyridine rings is 2. The van der Waals surface area contributed by atoms with Gasteiger partial charge in [-0.2, -0.15) is 0 Å². The SMILES string of the molecule is Cc1cc(-c2cccc3c2oc2ccccc23)cc(-c2[c-]c(-c3cc(-c4cc(C(C)(C)C)cc(C(C)(C)C)c4)cc(-c4cccc(C)c4O)n3)ccc2)n1.[Pt]. The molecule has 8 rings (SSSR count). The maximum absolute atomic E-state index is 11.3. The third-order valence-electron chi connectivity index (χ3n) is 10.4. The number of aryl methyl sites for hydroxylation is 2. The molecule has 55 heavy (non-hydrogen) atoms. The van der Waals surface area contributed by atoms with Crippen LogP contribution in [-0.4, -0.2) is 15.1 Å². The third kappa shape index (κ3) is 7.41. The molecule has 0 bridgehead atoms. The Labute approximate surface area is 338 Å². The first-order valence-electron chi connectivity index (χ1n) is 18.6. The van der Waals surface area contributed by atoms with Gasteiger partial charge >= 0.3 is 0 Å². The average Bonchev–Trinajstić information content (AvgIpc) is 3.54. The van der Waals surface area contributed by atoms with E-state index in [9.17, 15) is 5.11 Å². The van der Waals surface area contributed by atoms with Crippen molar-refractivity contribution in [1.29, 1.82) is 0 Å². The van der Waals surface area contributed by atoms with Crippen molar-refractivity contribution in [2.45, 2.75) is 66.2 Å². The van der Waals surface area contributed by atoms with Crippen molar-refractivity contribution in [3.8, 4) is 61.8 Å². The van der Waals surface area contributed by atoms with Gasteiger partial charge in [-0.3, -0.25) is 9.97 Å². The predicted molar refractivity (Wildman–Crippen MR) is 224 cm³/mol. The molecule has 0 saturated heterocycles. The zero-order valence-corrected chi connectivity index (χ0v) is 34.9. The molecule has 5 heteroatoms. The summed E-state index contributed by atoms with van der Waals surface area (Å²) >= 11 is 0. The first-order valence-corrected chi connectivity index (χ1v) is 18.6. The van der Waals surface area contributed by atoms with Gasteiger partial charge in [0.1, 0.15) is 16.9 Å². The number of aromatic hydroxyl groups is 1. The number of hydrogen-bond acceptors (Lipinski definition) is 4. The summed E-state index contributed by atoms with van der Waals surface area (Å²) in [6.07, 6.45) is 0. The summed E-state index contributed by atoms with van der Waals surface area (Å²) in [5.74, 6) is 0.237. The van der Waals surface area contributed by atoms with Gasteiger partial charge in [-0.15, -0.1) is 24.3 Å². The van der Waals surface area contributed by atoms with Crippen LogP contribution in [0.4, 0.5) is 0 Å². The maximum Gasteiger partial charge on any atom is 0.143 e. The summed E-state index contributed by atoms with van der Waals surface area (Å²) in [6.45, 7) is 17.5. The summed E-state index contributed by atoms with van der Waals surface area (Å²) in [5.41, 5.74) is 14.8. The Hall–Kier alpha value is -5.31. The number of hydrogen-bond donors (Lipinski definition) is 1. The largest absolute Gasteiger partial charge is 0.507 e. The number of rotatable bonds is 5. The second kappa shape index (κ2) is 14.4. The Kier molecular flexibility index (Phi) is 9.94.